The molecule has 1 N–H and O–H groups in total. The van der Waals surface area contributed by atoms with Crippen LogP contribution in [0, 0.1) is 5.92 Å². The van der Waals surface area contributed by atoms with Crippen LogP contribution in [0.5, 0.6) is 5.88 Å². The first-order valence-electron chi connectivity index (χ1n) is 8.16. The molecule has 0 saturated carbocycles. The third kappa shape index (κ3) is 5.33. The Morgan fingerprint density at radius 3 is 2.70 bits per heavy atom. The highest BCUT2D eigenvalue weighted by molar-refractivity contribution is 6.30. The Morgan fingerprint density at radius 1 is 1.33 bits per heavy atom. The summed E-state index contributed by atoms with van der Waals surface area (Å²) in [7, 11) is 0. The van der Waals surface area contributed by atoms with Gasteiger partial charge in [-0.25, -0.2) is 4.98 Å². The number of alkyl halides is 3. The summed E-state index contributed by atoms with van der Waals surface area (Å²) in [5.41, 5.74) is 1.23. The molecule has 2 aromatic rings. The zero-order valence-corrected chi connectivity index (χ0v) is 14.8. The van der Waals surface area contributed by atoms with Crippen LogP contribution < -0.4 is 10.1 Å². The SMILES string of the molecule is O=C(Nc1cnc(OCC(F)(F)F)c(-c2ccc(Cl)cc2)c1)C1CCOC1. The third-order valence-electron chi connectivity index (χ3n) is 3.95. The van der Waals surface area contributed by atoms with Gasteiger partial charge < -0.3 is 14.8 Å². The topological polar surface area (TPSA) is 60.5 Å². The van der Waals surface area contributed by atoms with Crippen LogP contribution in [0.4, 0.5) is 18.9 Å². The lowest BCUT2D eigenvalue weighted by molar-refractivity contribution is -0.154. The molecule has 1 fully saturated rings. The van der Waals surface area contributed by atoms with Crippen molar-refractivity contribution in [2.75, 3.05) is 25.1 Å². The van der Waals surface area contributed by atoms with E-state index in [1.807, 2.05) is 0 Å². The number of carbonyl (C=O) groups is 1. The van der Waals surface area contributed by atoms with E-state index in [4.69, 9.17) is 21.1 Å². The van der Waals surface area contributed by atoms with Crippen LogP contribution in [-0.4, -0.2) is 36.9 Å². The summed E-state index contributed by atoms with van der Waals surface area (Å²) in [5, 5.41) is 3.20. The highest BCUT2D eigenvalue weighted by atomic mass is 35.5. The van der Waals surface area contributed by atoms with Crippen molar-refractivity contribution in [2.24, 2.45) is 5.92 Å². The first kappa shape index (κ1) is 19.4. The van der Waals surface area contributed by atoms with Crippen molar-refractivity contribution >= 4 is 23.2 Å². The summed E-state index contributed by atoms with van der Waals surface area (Å²) in [5.74, 6) is -0.665. The van der Waals surface area contributed by atoms with Gasteiger partial charge in [-0.2, -0.15) is 13.2 Å². The molecular weight excluding hydrogens is 385 g/mol. The molecule has 1 unspecified atom stereocenters. The fourth-order valence-electron chi connectivity index (χ4n) is 2.61. The second-order valence-electron chi connectivity index (χ2n) is 6.04. The largest absolute Gasteiger partial charge is 0.468 e. The molecule has 1 aromatic carbocycles. The Bertz CT molecular complexity index is 806. The van der Waals surface area contributed by atoms with Gasteiger partial charge in [-0.05, 0) is 30.2 Å². The summed E-state index contributed by atoms with van der Waals surface area (Å²) in [4.78, 5) is 16.2. The van der Waals surface area contributed by atoms with E-state index in [2.05, 4.69) is 10.3 Å². The molecule has 1 amide bonds. The van der Waals surface area contributed by atoms with E-state index in [1.54, 1.807) is 24.3 Å². The van der Waals surface area contributed by atoms with Crippen LogP contribution in [0.1, 0.15) is 6.42 Å². The van der Waals surface area contributed by atoms with Crippen molar-refractivity contribution in [1.82, 2.24) is 4.98 Å². The third-order valence-corrected chi connectivity index (χ3v) is 4.20. The number of hydrogen-bond acceptors (Lipinski definition) is 4. The van der Waals surface area contributed by atoms with E-state index < -0.39 is 12.8 Å². The zero-order valence-electron chi connectivity index (χ0n) is 14.1. The molecule has 1 aromatic heterocycles. The van der Waals surface area contributed by atoms with Crippen LogP contribution in [0.25, 0.3) is 11.1 Å². The van der Waals surface area contributed by atoms with Crippen molar-refractivity contribution < 1.29 is 27.4 Å². The molecule has 27 heavy (non-hydrogen) atoms. The Balaban J connectivity index is 1.87. The number of nitrogens with one attached hydrogen (secondary N) is 1. The van der Waals surface area contributed by atoms with Gasteiger partial charge in [0.2, 0.25) is 11.8 Å². The van der Waals surface area contributed by atoms with Crippen molar-refractivity contribution in [1.29, 1.82) is 0 Å². The molecule has 1 saturated heterocycles. The van der Waals surface area contributed by atoms with Gasteiger partial charge in [0.1, 0.15) is 0 Å². The Hall–Kier alpha value is -2.32. The normalized spacial score (nSPS) is 17.0. The molecule has 5 nitrogen and oxygen atoms in total. The van der Waals surface area contributed by atoms with E-state index in [0.29, 0.717) is 41.5 Å². The fourth-order valence-corrected chi connectivity index (χ4v) is 2.73. The Labute approximate surface area is 158 Å². The number of halogens is 4. The number of aromatic nitrogens is 1. The summed E-state index contributed by atoms with van der Waals surface area (Å²) in [6.07, 6.45) is -2.61. The molecule has 3 rings (SSSR count). The average Bonchev–Trinajstić information content (AvgIpc) is 3.15. The minimum Gasteiger partial charge on any atom is -0.468 e. The smallest absolute Gasteiger partial charge is 0.422 e. The van der Waals surface area contributed by atoms with Gasteiger partial charge in [0.05, 0.1) is 24.4 Å². The minimum absolute atomic E-state index is 0.183. The number of hydrogen-bond donors (Lipinski definition) is 1. The quantitative estimate of drug-likeness (QED) is 0.812. The number of carbonyl (C=O) groups excluding carboxylic acids is 1. The molecule has 1 aliphatic rings. The van der Waals surface area contributed by atoms with Crippen molar-refractivity contribution in [2.45, 2.75) is 12.6 Å². The summed E-state index contributed by atoms with van der Waals surface area (Å²) in [6.45, 7) is -0.599. The predicted molar refractivity (Wildman–Crippen MR) is 93.8 cm³/mol. The molecule has 144 valence electrons. The monoisotopic (exact) mass is 400 g/mol. The standard InChI is InChI=1S/C18H16ClF3N2O3/c19-13-3-1-11(2-4-13)15-7-14(24-16(25)12-5-6-26-9-12)8-23-17(15)27-10-18(20,21)22/h1-4,7-8,12H,5-6,9-10H2,(H,24,25). The Kier molecular flexibility index (Phi) is 5.86. The second-order valence-corrected chi connectivity index (χ2v) is 6.47. The molecule has 0 bridgehead atoms. The fraction of sp³-hybridized carbons (Fsp3) is 0.333. The first-order valence-corrected chi connectivity index (χ1v) is 8.54. The molecule has 1 aliphatic heterocycles. The van der Waals surface area contributed by atoms with Crippen LogP contribution in [0.3, 0.4) is 0 Å². The van der Waals surface area contributed by atoms with Gasteiger partial charge in [0, 0.05) is 17.2 Å². The van der Waals surface area contributed by atoms with Gasteiger partial charge >= 0.3 is 6.18 Å². The molecule has 0 spiro atoms. The molecule has 0 aliphatic carbocycles. The van der Waals surface area contributed by atoms with Crippen molar-refractivity contribution in [3.05, 3.63) is 41.6 Å². The summed E-state index contributed by atoms with van der Waals surface area (Å²) in [6, 6.07) is 8.00. The van der Waals surface area contributed by atoms with E-state index >= 15 is 0 Å². The van der Waals surface area contributed by atoms with Gasteiger partial charge in [-0.1, -0.05) is 23.7 Å². The van der Waals surface area contributed by atoms with Gasteiger partial charge in [0.25, 0.3) is 0 Å². The number of nitrogens with zero attached hydrogens (tertiary/aromatic N) is 1. The lowest BCUT2D eigenvalue weighted by Crippen LogP contribution is -2.23. The number of pyridine rings is 1. The lowest BCUT2D eigenvalue weighted by atomic mass is 10.1. The number of rotatable bonds is 5. The maximum absolute atomic E-state index is 12.5. The summed E-state index contributed by atoms with van der Waals surface area (Å²) < 4.78 is 47.6. The van der Waals surface area contributed by atoms with Gasteiger partial charge in [-0.15, -0.1) is 0 Å². The maximum atomic E-state index is 12.5. The molecular formula is C18H16ClF3N2O3. The maximum Gasteiger partial charge on any atom is 0.422 e. The van der Waals surface area contributed by atoms with Crippen LogP contribution >= 0.6 is 11.6 Å². The number of benzene rings is 1. The predicted octanol–water partition coefficient (Wildman–Crippen LogP) is 4.32. The molecule has 9 heteroatoms. The van der Waals surface area contributed by atoms with E-state index in [-0.39, 0.29) is 17.7 Å². The van der Waals surface area contributed by atoms with Gasteiger partial charge in [-0.3, -0.25) is 4.79 Å². The average molecular weight is 401 g/mol. The van der Waals surface area contributed by atoms with Crippen LogP contribution in [-0.2, 0) is 9.53 Å². The van der Waals surface area contributed by atoms with Crippen molar-refractivity contribution in [3.63, 3.8) is 0 Å². The second kappa shape index (κ2) is 8.14. The van der Waals surface area contributed by atoms with E-state index in [0.717, 1.165) is 0 Å². The van der Waals surface area contributed by atoms with Crippen molar-refractivity contribution in [3.8, 4) is 17.0 Å². The first-order chi connectivity index (χ1) is 12.8. The zero-order chi connectivity index (χ0) is 19.4. The highest BCUT2D eigenvalue weighted by Crippen LogP contribution is 2.32. The number of ether oxygens (including phenoxy) is 2. The Morgan fingerprint density at radius 2 is 2.07 bits per heavy atom. The molecule has 2 heterocycles. The number of amides is 1. The van der Waals surface area contributed by atoms with Crippen LogP contribution in [0.2, 0.25) is 5.02 Å². The van der Waals surface area contributed by atoms with E-state index in [9.17, 15) is 18.0 Å². The molecule has 1 atom stereocenters. The summed E-state index contributed by atoms with van der Waals surface area (Å²) >= 11 is 5.87. The minimum atomic E-state index is -4.49. The lowest BCUT2D eigenvalue weighted by Gasteiger charge is -2.15. The van der Waals surface area contributed by atoms with E-state index in [1.165, 1.54) is 12.3 Å². The highest BCUT2D eigenvalue weighted by Gasteiger charge is 2.29. The molecule has 0 radical (unpaired) electrons. The van der Waals surface area contributed by atoms with Gasteiger partial charge in [0.15, 0.2) is 6.61 Å². The number of anilines is 1. The van der Waals surface area contributed by atoms with Crippen LogP contribution in [0.15, 0.2) is 36.5 Å².